The minimum atomic E-state index is -1.32. The molecular weight excluding hydrogens is 759 g/mol. The average molecular weight is 812 g/mol. The smallest absolute Gasteiger partial charge is 0.437 e. The molecule has 2 aliphatic heterocycles. The molecule has 3 N–H and O–H groups in total. The van der Waals surface area contributed by atoms with Crippen LogP contribution in [0, 0.1) is 0 Å². The van der Waals surface area contributed by atoms with E-state index >= 15 is 0 Å². The molecule has 0 radical (unpaired) electrons. The van der Waals surface area contributed by atoms with Crippen molar-refractivity contribution < 1.29 is 38.5 Å². The van der Waals surface area contributed by atoms with Gasteiger partial charge in [0.15, 0.2) is 0 Å². The van der Waals surface area contributed by atoms with Crippen molar-refractivity contribution in [2.45, 2.75) is 92.0 Å². The summed E-state index contributed by atoms with van der Waals surface area (Å²) in [6.07, 6.45) is 3.38. The van der Waals surface area contributed by atoms with Crippen molar-refractivity contribution in [2.75, 3.05) is 26.2 Å². The predicted octanol–water partition coefficient (Wildman–Crippen LogP) is 7.49. The van der Waals surface area contributed by atoms with Gasteiger partial charge in [0.1, 0.15) is 22.5 Å². The first-order valence-corrected chi connectivity index (χ1v) is 19.3. The fourth-order valence-corrected chi connectivity index (χ4v) is 6.04. The lowest BCUT2D eigenvalue weighted by molar-refractivity contribution is 0.0550. The zero-order chi connectivity index (χ0) is 43.1. The van der Waals surface area contributed by atoms with E-state index < -0.39 is 41.2 Å². The summed E-state index contributed by atoms with van der Waals surface area (Å²) in [5.41, 5.74) is 4.40. The second-order valence-electron chi connectivity index (χ2n) is 16.9. The predicted molar refractivity (Wildman–Crippen MR) is 223 cm³/mol. The topological polar surface area (TPSA) is 202 Å². The highest BCUT2D eigenvalue weighted by atomic mass is 16.6. The van der Waals surface area contributed by atoms with Crippen molar-refractivity contribution >= 4 is 47.4 Å². The molecule has 0 aliphatic carbocycles. The van der Waals surface area contributed by atoms with Gasteiger partial charge in [-0.2, -0.15) is 0 Å². The lowest BCUT2D eigenvalue weighted by Gasteiger charge is -2.30. The highest BCUT2D eigenvalue weighted by Gasteiger charge is 2.26. The van der Waals surface area contributed by atoms with Crippen LogP contribution in [0.15, 0.2) is 76.9 Å². The Kier molecular flexibility index (Phi) is 13.3. The molecule has 3 aromatic rings. The summed E-state index contributed by atoms with van der Waals surface area (Å²) in [6, 6.07) is 16.0. The Balaban J connectivity index is 1.21. The van der Waals surface area contributed by atoms with E-state index in [2.05, 4.69) is 30.9 Å². The van der Waals surface area contributed by atoms with Gasteiger partial charge < -0.3 is 29.1 Å². The number of aromatic nitrogens is 3. The number of amides is 4. The number of ether oxygens (including phenoxy) is 3. The fraction of sp³-hybridized carbons (Fsp3) is 0.429. The molecule has 5 rings (SSSR count). The van der Waals surface area contributed by atoms with Gasteiger partial charge in [0, 0.05) is 31.7 Å². The van der Waals surface area contributed by atoms with Crippen LogP contribution in [-0.2, 0) is 14.2 Å². The second kappa shape index (κ2) is 18.0. The Morgan fingerprint density at radius 1 is 0.644 bits per heavy atom. The lowest BCUT2D eigenvalue weighted by Crippen LogP contribution is -2.48. The number of nitrogens with zero attached hydrogens (tertiary/aromatic N) is 7. The number of carboxylic acid groups (broad SMARTS) is 1. The molecule has 59 heavy (non-hydrogen) atoms. The third-order valence-electron chi connectivity index (χ3n) is 8.58. The molecule has 1 aromatic heterocycles. The van der Waals surface area contributed by atoms with E-state index in [0.717, 1.165) is 33.5 Å². The molecule has 0 unspecified atom stereocenters. The highest BCUT2D eigenvalue weighted by Crippen LogP contribution is 2.27. The van der Waals surface area contributed by atoms with Gasteiger partial charge in [0.05, 0.1) is 11.9 Å². The van der Waals surface area contributed by atoms with Crippen LogP contribution in [0.25, 0.3) is 28.1 Å². The van der Waals surface area contributed by atoms with Crippen LogP contribution in [0.5, 0.6) is 0 Å². The minimum absolute atomic E-state index is 0.0585. The number of alkyl carbamates (subject to hydrolysis) is 1. The van der Waals surface area contributed by atoms with Crippen molar-refractivity contribution in [2.24, 2.45) is 9.98 Å². The highest BCUT2D eigenvalue weighted by molar-refractivity contribution is 6.00. The maximum Gasteiger partial charge on any atom is 0.437 e. The summed E-state index contributed by atoms with van der Waals surface area (Å²) >= 11 is 0. The first-order valence-electron chi connectivity index (χ1n) is 19.3. The van der Waals surface area contributed by atoms with E-state index in [1.165, 1.54) is 0 Å². The zero-order valence-corrected chi connectivity index (χ0v) is 35.0. The van der Waals surface area contributed by atoms with Crippen molar-refractivity contribution in [1.29, 1.82) is 0 Å². The SMILES string of the molecule is CC(C)(C)OC(=O)/N=C(/NC(=O)OC(C)(C)C)N1CC=C(c2ccc(-n3cc(-c4ccc(C5=CCN(/C(=N/C(=O)OC(C)(C)C)NC(=O)O)CC5)cc4)nn3)cc2)CC1. The number of carbonyl (C=O) groups is 4. The third kappa shape index (κ3) is 13.3. The minimum Gasteiger partial charge on any atom is -0.465 e. The second-order valence-corrected chi connectivity index (χ2v) is 16.9. The molecule has 0 saturated carbocycles. The number of rotatable bonds is 4. The average Bonchev–Trinajstić information content (AvgIpc) is 3.63. The van der Waals surface area contributed by atoms with Crippen molar-refractivity contribution in [1.82, 2.24) is 35.4 Å². The molecule has 2 aliphatic rings. The molecule has 0 fully saturated rings. The van der Waals surface area contributed by atoms with Gasteiger partial charge in [-0.1, -0.05) is 53.8 Å². The van der Waals surface area contributed by atoms with Crippen LogP contribution in [0.2, 0.25) is 0 Å². The van der Waals surface area contributed by atoms with Gasteiger partial charge in [-0.25, -0.2) is 23.9 Å². The number of benzene rings is 2. The number of nitrogens with one attached hydrogen (secondary N) is 2. The molecule has 0 atom stereocenters. The van der Waals surface area contributed by atoms with Crippen LogP contribution in [0.3, 0.4) is 0 Å². The fourth-order valence-electron chi connectivity index (χ4n) is 6.04. The van der Waals surface area contributed by atoms with Gasteiger partial charge in [-0.05, 0) is 110 Å². The molecule has 3 heterocycles. The maximum atomic E-state index is 12.6. The Hall–Kier alpha value is -6.52. The summed E-state index contributed by atoms with van der Waals surface area (Å²) in [7, 11) is 0. The van der Waals surface area contributed by atoms with Crippen LogP contribution in [0.4, 0.5) is 19.2 Å². The summed E-state index contributed by atoms with van der Waals surface area (Å²) in [5.74, 6) is -0.0235. The Bertz CT molecular complexity index is 2150. The number of hydrogen-bond acceptors (Lipinski definition) is 9. The number of carbonyl (C=O) groups excluding carboxylic acids is 3. The lowest BCUT2D eigenvalue weighted by atomic mass is 9.98. The molecule has 17 heteroatoms. The van der Waals surface area contributed by atoms with E-state index in [9.17, 15) is 24.3 Å². The van der Waals surface area contributed by atoms with Gasteiger partial charge in [0.25, 0.3) is 0 Å². The van der Waals surface area contributed by atoms with Gasteiger partial charge >= 0.3 is 24.4 Å². The molecule has 314 valence electrons. The maximum absolute atomic E-state index is 12.6. The number of aliphatic imine (C=N–C) groups is 2. The molecule has 2 aromatic carbocycles. The summed E-state index contributed by atoms with van der Waals surface area (Å²) < 4.78 is 17.7. The Labute approximate surface area is 343 Å². The van der Waals surface area contributed by atoms with Crippen molar-refractivity contribution in [3.8, 4) is 16.9 Å². The van der Waals surface area contributed by atoms with Crippen molar-refractivity contribution in [3.63, 3.8) is 0 Å². The molecule has 17 nitrogen and oxygen atoms in total. The van der Waals surface area contributed by atoms with E-state index in [-0.39, 0.29) is 11.9 Å². The monoisotopic (exact) mass is 811 g/mol. The summed E-state index contributed by atoms with van der Waals surface area (Å²) in [4.78, 5) is 60.3. The van der Waals surface area contributed by atoms with E-state index in [1.807, 2.05) is 66.9 Å². The van der Waals surface area contributed by atoms with E-state index in [0.29, 0.717) is 44.7 Å². The molecule has 4 amide bonds. The van der Waals surface area contributed by atoms with E-state index in [1.54, 1.807) is 76.8 Å². The summed E-state index contributed by atoms with van der Waals surface area (Å²) in [5, 5.41) is 22.9. The van der Waals surface area contributed by atoms with E-state index in [4.69, 9.17) is 14.2 Å². The molecule has 0 bridgehead atoms. The molecule has 0 spiro atoms. The van der Waals surface area contributed by atoms with Crippen LogP contribution >= 0.6 is 0 Å². The quantitative estimate of drug-likeness (QED) is 0.133. The van der Waals surface area contributed by atoms with Gasteiger partial charge in [-0.15, -0.1) is 15.1 Å². The third-order valence-corrected chi connectivity index (χ3v) is 8.58. The number of hydrogen-bond donors (Lipinski definition) is 3. The largest absolute Gasteiger partial charge is 0.465 e. The normalized spacial score (nSPS) is 15.5. The standard InChI is InChI=1S/C42H53N9O8/c1-40(2,3)57-37(54)44-34(43-36(52)53)49-22-18-29(19-23-49)27-10-12-31(13-11-27)33-26-51(48-47-33)32-16-14-28(15-17-32)30-20-24-50(25-21-30)35(45-38(55)58-41(4,5)6)46-39(56)59-42(7,8)9/h10-18,20,26H,19,21-25H2,1-9H3,(H,52,53)(H,43,44,54)(H,45,46,55,56). The van der Waals surface area contributed by atoms with Crippen LogP contribution in [0.1, 0.15) is 86.3 Å². The van der Waals surface area contributed by atoms with Crippen LogP contribution in [-0.4, -0.2) is 109 Å². The number of guanidine groups is 2. The molecule has 0 saturated heterocycles. The summed E-state index contributed by atoms with van der Waals surface area (Å²) in [6.45, 7) is 17.3. The first kappa shape index (κ1) is 43.6. The Morgan fingerprint density at radius 3 is 1.51 bits per heavy atom. The van der Waals surface area contributed by atoms with Crippen LogP contribution < -0.4 is 10.6 Å². The zero-order valence-electron chi connectivity index (χ0n) is 35.0. The van der Waals surface area contributed by atoms with Gasteiger partial charge in [-0.3, -0.25) is 10.6 Å². The van der Waals surface area contributed by atoms with Crippen molar-refractivity contribution in [3.05, 3.63) is 78.0 Å². The Morgan fingerprint density at radius 2 is 1.08 bits per heavy atom. The first-order chi connectivity index (χ1) is 27.6. The molecular formula is C42H53N9O8. The van der Waals surface area contributed by atoms with Gasteiger partial charge in [0.2, 0.25) is 11.9 Å².